The summed E-state index contributed by atoms with van der Waals surface area (Å²) in [7, 11) is 0. The second-order valence-corrected chi connectivity index (χ2v) is 3.26. The number of rotatable bonds is 2. The molecule has 6 heteroatoms. The summed E-state index contributed by atoms with van der Waals surface area (Å²) in [6.07, 6.45) is 2.61. The Bertz CT molecular complexity index is 404. The van der Waals surface area contributed by atoms with Crippen LogP contribution in [0.5, 0.6) is 0 Å². The summed E-state index contributed by atoms with van der Waals surface area (Å²) < 4.78 is 5.78. The number of anilines is 1. The van der Waals surface area contributed by atoms with Crippen molar-refractivity contribution in [3.63, 3.8) is 0 Å². The summed E-state index contributed by atoms with van der Waals surface area (Å²) in [5.41, 5.74) is 5.48. The average molecular weight is 195 g/mol. The van der Waals surface area contributed by atoms with Gasteiger partial charge in [0, 0.05) is 30.2 Å². The second-order valence-electron chi connectivity index (χ2n) is 2.53. The van der Waals surface area contributed by atoms with E-state index in [4.69, 9.17) is 5.73 Å². The molecule has 0 aliphatic carbocycles. The summed E-state index contributed by atoms with van der Waals surface area (Å²) >= 11 is 1.32. The molecule has 5 nitrogen and oxygen atoms in total. The van der Waals surface area contributed by atoms with Crippen LogP contribution in [-0.2, 0) is 6.42 Å². The Balaban J connectivity index is 2.35. The van der Waals surface area contributed by atoms with E-state index < -0.39 is 0 Å². The van der Waals surface area contributed by atoms with Gasteiger partial charge in [-0.3, -0.25) is 0 Å². The molecule has 0 spiro atoms. The minimum absolute atomic E-state index is 0.494. The fourth-order valence-electron chi connectivity index (χ4n) is 0.926. The van der Waals surface area contributed by atoms with Crippen molar-refractivity contribution in [1.29, 1.82) is 0 Å². The zero-order chi connectivity index (χ0) is 9.26. The number of aromatic nitrogens is 4. The fourth-order valence-corrected chi connectivity index (χ4v) is 1.61. The van der Waals surface area contributed by atoms with Crippen molar-refractivity contribution in [2.45, 2.75) is 13.3 Å². The largest absolute Gasteiger partial charge is 0.382 e. The lowest BCUT2D eigenvalue weighted by Crippen LogP contribution is -1.95. The van der Waals surface area contributed by atoms with Crippen molar-refractivity contribution >= 4 is 17.4 Å². The Hall–Kier alpha value is -1.43. The molecule has 0 unspecified atom stereocenters. The van der Waals surface area contributed by atoms with Gasteiger partial charge in [-0.2, -0.15) is 4.37 Å². The average Bonchev–Trinajstić information content (AvgIpc) is 2.71. The molecule has 0 bridgehead atoms. The van der Waals surface area contributed by atoms with Crippen molar-refractivity contribution in [2.24, 2.45) is 0 Å². The van der Waals surface area contributed by atoms with E-state index in [1.54, 1.807) is 16.9 Å². The van der Waals surface area contributed by atoms with E-state index in [2.05, 4.69) is 14.5 Å². The smallest absolute Gasteiger partial charge is 0.230 e. The quantitative estimate of drug-likeness (QED) is 0.771. The lowest BCUT2D eigenvalue weighted by molar-refractivity contribution is 0.859. The number of nitrogen functional groups attached to an aromatic ring is 1. The summed E-state index contributed by atoms with van der Waals surface area (Å²) in [6.45, 7) is 2.02. The maximum absolute atomic E-state index is 5.48. The number of nitrogens with zero attached hydrogens (tertiary/aromatic N) is 4. The van der Waals surface area contributed by atoms with Crippen molar-refractivity contribution in [1.82, 2.24) is 19.1 Å². The third-order valence-corrected chi connectivity index (χ3v) is 2.32. The van der Waals surface area contributed by atoms with Gasteiger partial charge in [-0.25, -0.2) is 9.67 Å². The van der Waals surface area contributed by atoms with Gasteiger partial charge in [-0.05, 0) is 0 Å². The van der Waals surface area contributed by atoms with E-state index in [0.29, 0.717) is 5.82 Å². The Kier molecular flexibility index (Phi) is 1.97. The van der Waals surface area contributed by atoms with E-state index >= 15 is 0 Å². The molecule has 2 aromatic heterocycles. The lowest BCUT2D eigenvalue weighted by Gasteiger charge is -1.90. The minimum atomic E-state index is 0.494. The van der Waals surface area contributed by atoms with E-state index in [-0.39, 0.29) is 0 Å². The molecule has 0 atom stereocenters. The van der Waals surface area contributed by atoms with Crippen LogP contribution >= 0.6 is 11.5 Å². The molecule has 13 heavy (non-hydrogen) atoms. The fraction of sp³-hybridized carbons (Fsp3) is 0.286. The number of hydrogen-bond acceptors (Lipinski definition) is 5. The zero-order valence-electron chi connectivity index (χ0n) is 7.14. The van der Waals surface area contributed by atoms with Crippen LogP contribution in [0, 0.1) is 0 Å². The van der Waals surface area contributed by atoms with E-state index in [1.807, 2.05) is 6.92 Å². The topological polar surface area (TPSA) is 69.6 Å². The molecular formula is C7H9N5S. The van der Waals surface area contributed by atoms with Gasteiger partial charge in [0.25, 0.3) is 0 Å². The van der Waals surface area contributed by atoms with Crippen molar-refractivity contribution in [3.05, 3.63) is 18.1 Å². The Morgan fingerprint density at radius 1 is 1.62 bits per heavy atom. The maximum Gasteiger partial charge on any atom is 0.230 e. The third kappa shape index (κ3) is 1.52. The molecule has 2 rings (SSSR count). The molecule has 0 aromatic carbocycles. The predicted molar refractivity (Wildman–Crippen MR) is 50.8 cm³/mol. The van der Waals surface area contributed by atoms with Crippen LogP contribution in [-0.4, -0.2) is 19.1 Å². The van der Waals surface area contributed by atoms with Gasteiger partial charge in [0.15, 0.2) is 0 Å². The first kappa shape index (κ1) is 8.18. The molecule has 2 heterocycles. The lowest BCUT2D eigenvalue weighted by atomic mass is 10.5. The summed E-state index contributed by atoms with van der Waals surface area (Å²) in [5.74, 6) is 1.34. The van der Waals surface area contributed by atoms with E-state index in [0.717, 1.165) is 17.4 Å². The molecule has 0 amide bonds. The second kappa shape index (κ2) is 3.14. The Labute approximate surface area is 79.4 Å². The first-order valence-corrected chi connectivity index (χ1v) is 4.71. The SMILES string of the molecule is CCc1nsc(-n2ccc(N)n2)n1. The Morgan fingerprint density at radius 3 is 3.00 bits per heavy atom. The first-order valence-electron chi connectivity index (χ1n) is 3.93. The number of aryl methyl sites for hydroxylation is 1. The molecule has 2 N–H and O–H groups in total. The minimum Gasteiger partial charge on any atom is -0.382 e. The molecule has 2 aromatic rings. The molecule has 0 aliphatic rings. The van der Waals surface area contributed by atoms with Gasteiger partial charge >= 0.3 is 0 Å². The molecule has 0 saturated carbocycles. The van der Waals surface area contributed by atoms with Crippen LogP contribution in [0.4, 0.5) is 5.82 Å². The summed E-state index contributed by atoms with van der Waals surface area (Å²) in [6, 6.07) is 1.73. The number of hydrogen-bond donors (Lipinski definition) is 1. The highest BCUT2D eigenvalue weighted by Gasteiger charge is 2.04. The van der Waals surface area contributed by atoms with Gasteiger partial charge in [-0.1, -0.05) is 6.92 Å². The molecule has 0 fully saturated rings. The predicted octanol–water partition coefficient (Wildman–Crippen LogP) is 0.868. The molecule has 0 aliphatic heterocycles. The first-order chi connectivity index (χ1) is 6.29. The van der Waals surface area contributed by atoms with Crippen LogP contribution in [0.15, 0.2) is 12.3 Å². The molecule has 68 valence electrons. The van der Waals surface area contributed by atoms with Crippen LogP contribution in [0.2, 0.25) is 0 Å². The van der Waals surface area contributed by atoms with Gasteiger partial charge in [-0.15, -0.1) is 5.10 Å². The normalized spacial score (nSPS) is 10.5. The summed E-state index contributed by atoms with van der Waals surface area (Å²) in [5, 5.41) is 4.79. The van der Waals surface area contributed by atoms with Crippen molar-refractivity contribution in [2.75, 3.05) is 5.73 Å². The zero-order valence-corrected chi connectivity index (χ0v) is 7.95. The highest BCUT2D eigenvalue weighted by atomic mass is 32.1. The third-order valence-electron chi connectivity index (χ3n) is 1.58. The van der Waals surface area contributed by atoms with Crippen LogP contribution in [0.25, 0.3) is 5.13 Å². The van der Waals surface area contributed by atoms with E-state index in [9.17, 15) is 0 Å². The van der Waals surface area contributed by atoms with Crippen LogP contribution < -0.4 is 5.73 Å². The van der Waals surface area contributed by atoms with Gasteiger partial charge < -0.3 is 5.73 Å². The standard InChI is InChI=1S/C7H9N5S/c1-2-6-9-7(13-11-6)12-4-3-5(8)10-12/h3-4H,2H2,1H3,(H2,8,10). The van der Waals surface area contributed by atoms with Gasteiger partial charge in [0.05, 0.1) is 0 Å². The Morgan fingerprint density at radius 2 is 2.46 bits per heavy atom. The monoisotopic (exact) mass is 195 g/mol. The van der Waals surface area contributed by atoms with Crippen molar-refractivity contribution in [3.8, 4) is 5.13 Å². The van der Waals surface area contributed by atoms with Gasteiger partial charge in [0.2, 0.25) is 5.13 Å². The summed E-state index contributed by atoms with van der Waals surface area (Å²) in [4.78, 5) is 4.26. The molecule has 0 radical (unpaired) electrons. The van der Waals surface area contributed by atoms with Crippen LogP contribution in [0.3, 0.4) is 0 Å². The van der Waals surface area contributed by atoms with Crippen molar-refractivity contribution < 1.29 is 0 Å². The van der Waals surface area contributed by atoms with E-state index in [1.165, 1.54) is 11.5 Å². The molecular weight excluding hydrogens is 186 g/mol. The maximum atomic E-state index is 5.48. The highest BCUT2D eigenvalue weighted by molar-refractivity contribution is 7.08. The molecule has 0 saturated heterocycles. The van der Waals surface area contributed by atoms with Crippen LogP contribution in [0.1, 0.15) is 12.7 Å². The van der Waals surface area contributed by atoms with Gasteiger partial charge in [0.1, 0.15) is 11.6 Å². The highest BCUT2D eigenvalue weighted by Crippen LogP contribution is 2.11. The number of nitrogens with two attached hydrogens (primary N) is 1.